The molecule has 0 N–H and O–H groups in total. The molecule has 134 valence electrons. The van der Waals surface area contributed by atoms with E-state index in [1.165, 1.54) is 22.9 Å². The Kier molecular flexibility index (Phi) is 5.50. The summed E-state index contributed by atoms with van der Waals surface area (Å²) in [6, 6.07) is 4.15. The number of aromatic nitrogens is 3. The molecule has 1 aromatic heterocycles. The molecule has 0 bridgehead atoms. The van der Waals surface area contributed by atoms with Crippen molar-refractivity contribution in [3.05, 3.63) is 40.9 Å². The monoisotopic (exact) mass is 368 g/mol. The van der Waals surface area contributed by atoms with Gasteiger partial charge in [0.25, 0.3) is 5.91 Å². The van der Waals surface area contributed by atoms with Gasteiger partial charge in [0.1, 0.15) is 18.2 Å². The normalized spacial score (nSPS) is 17.1. The van der Waals surface area contributed by atoms with Gasteiger partial charge in [-0.2, -0.15) is 0 Å². The molecule has 1 aliphatic heterocycles. The minimum Gasteiger partial charge on any atom is -0.492 e. The SMILES string of the molecule is COC1CCN(C(=O)c2cn(CCOc3ccc(F)c(Cl)c3)nn2)C1. The van der Waals surface area contributed by atoms with Gasteiger partial charge in [-0.1, -0.05) is 16.8 Å². The van der Waals surface area contributed by atoms with Crippen molar-refractivity contribution in [2.45, 2.75) is 19.1 Å². The van der Waals surface area contributed by atoms with Crippen LogP contribution in [0.5, 0.6) is 5.75 Å². The van der Waals surface area contributed by atoms with Crippen LogP contribution in [0.3, 0.4) is 0 Å². The molecule has 1 aliphatic rings. The molecule has 1 unspecified atom stereocenters. The highest BCUT2D eigenvalue weighted by Gasteiger charge is 2.28. The van der Waals surface area contributed by atoms with Crippen molar-refractivity contribution in [3.63, 3.8) is 0 Å². The second kappa shape index (κ2) is 7.79. The van der Waals surface area contributed by atoms with Crippen molar-refractivity contribution in [2.24, 2.45) is 0 Å². The van der Waals surface area contributed by atoms with E-state index >= 15 is 0 Å². The third kappa shape index (κ3) is 4.26. The van der Waals surface area contributed by atoms with Crippen LogP contribution in [0, 0.1) is 5.82 Å². The summed E-state index contributed by atoms with van der Waals surface area (Å²) in [5.74, 6) is -0.186. The van der Waals surface area contributed by atoms with E-state index in [1.807, 2.05) is 0 Å². The van der Waals surface area contributed by atoms with Gasteiger partial charge in [0.2, 0.25) is 0 Å². The Hall–Kier alpha value is -2.19. The van der Waals surface area contributed by atoms with Gasteiger partial charge < -0.3 is 14.4 Å². The first-order valence-electron chi connectivity index (χ1n) is 7.87. The Labute approximate surface area is 149 Å². The molecule has 0 radical (unpaired) electrons. The first-order valence-corrected chi connectivity index (χ1v) is 8.24. The lowest BCUT2D eigenvalue weighted by atomic mass is 10.3. The molecule has 1 atom stereocenters. The Morgan fingerprint density at radius 2 is 2.32 bits per heavy atom. The number of rotatable bonds is 6. The van der Waals surface area contributed by atoms with Crippen molar-refractivity contribution >= 4 is 17.5 Å². The third-order valence-corrected chi connectivity index (χ3v) is 4.29. The van der Waals surface area contributed by atoms with Gasteiger partial charge in [0.05, 0.1) is 23.9 Å². The van der Waals surface area contributed by atoms with Gasteiger partial charge in [-0.3, -0.25) is 4.79 Å². The van der Waals surface area contributed by atoms with Gasteiger partial charge in [-0.05, 0) is 18.6 Å². The number of halogens is 2. The Balaban J connectivity index is 1.51. The standard InChI is InChI=1S/C16H18ClFN4O3/c1-24-12-4-5-21(9-12)16(23)15-10-22(20-19-15)6-7-25-11-2-3-14(18)13(17)8-11/h2-3,8,10,12H,4-7,9H2,1H3. The number of ether oxygens (including phenoxy) is 2. The van der Waals surface area contributed by atoms with Crippen LogP contribution in [0.1, 0.15) is 16.9 Å². The molecule has 1 fully saturated rings. The fourth-order valence-corrected chi connectivity index (χ4v) is 2.77. The number of nitrogens with zero attached hydrogens (tertiary/aromatic N) is 4. The lowest BCUT2D eigenvalue weighted by Gasteiger charge is -2.13. The highest BCUT2D eigenvalue weighted by atomic mass is 35.5. The minimum atomic E-state index is -0.494. The summed E-state index contributed by atoms with van der Waals surface area (Å²) in [5, 5.41) is 7.86. The number of carbonyl (C=O) groups excluding carboxylic acids is 1. The van der Waals surface area contributed by atoms with Crippen LogP contribution < -0.4 is 4.74 Å². The van der Waals surface area contributed by atoms with E-state index in [0.29, 0.717) is 31.1 Å². The maximum atomic E-state index is 13.1. The molecule has 0 spiro atoms. The van der Waals surface area contributed by atoms with E-state index in [-0.39, 0.29) is 23.6 Å². The van der Waals surface area contributed by atoms with E-state index in [9.17, 15) is 9.18 Å². The summed E-state index contributed by atoms with van der Waals surface area (Å²) in [4.78, 5) is 14.1. The second-order valence-corrected chi connectivity index (χ2v) is 6.10. The smallest absolute Gasteiger partial charge is 0.276 e. The fourth-order valence-electron chi connectivity index (χ4n) is 2.60. The van der Waals surface area contributed by atoms with Crippen molar-refractivity contribution in [3.8, 4) is 5.75 Å². The number of hydrogen-bond acceptors (Lipinski definition) is 5. The first kappa shape index (κ1) is 17.6. The number of benzene rings is 1. The molecule has 1 amide bonds. The molecule has 9 heteroatoms. The molecule has 0 saturated carbocycles. The number of carbonyl (C=O) groups is 1. The molecule has 3 rings (SSSR count). The molecular weight excluding hydrogens is 351 g/mol. The topological polar surface area (TPSA) is 69.5 Å². The second-order valence-electron chi connectivity index (χ2n) is 5.69. The first-order chi connectivity index (χ1) is 12.1. The Morgan fingerprint density at radius 3 is 3.04 bits per heavy atom. The zero-order valence-corrected chi connectivity index (χ0v) is 14.4. The Morgan fingerprint density at radius 1 is 1.48 bits per heavy atom. The zero-order chi connectivity index (χ0) is 17.8. The summed E-state index contributed by atoms with van der Waals surface area (Å²) in [5.41, 5.74) is 0.293. The van der Waals surface area contributed by atoms with E-state index in [1.54, 1.807) is 18.2 Å². The van der Waals surface area contributed by atoms with Crippen molar-refractivity contribution < 1.29 is 18.7 Å². The van der Waals surface area contributed by atoms with Crippen LogP contribution >= 0.6 is 11.6 Å². The van der Waals surface area contributed by atoms with Gasteiger partial charge >= 0.3 is 0 Å². The van der Waals surface area contributed by atoms with E-state index < -0.39 is 5.82 Å². The Bertz CT molecular complexity index is 755. The molecule has 2 aromatic rings. The third-order valence-electron chi connectivity index (χ3n) is 4.00. The largest absolute Gasteiger partial charge is 0.492 e. The highest BCUT2D eigenvalue weighted by molar-refractivity contribution is 6.30. The fraction of sp³-hybridized carbons (Fsp3) is 0.438. The molecule has 0 aliphatic carbocycles. The predicted molar refractivity (Wildman–Crippen MR) is 88.2 cm³/mol. The van der Waals surface area contributed by atoms with Crippen LogP contribution in [0.4, 0.5) is 4.39 Å². The van der Waals surface area contributed by atoms with Crippen molar-refractivity contribution in [1.29, 1.82) is 0 Å². The number of methoxy groups -OCH3 is 1. The molecule has 1 saturated heterocycles. The quantitative estimate of drug-likeness (QED) is 0.780. The number of amides is 1. The maximum absolute atomic E-state index is 13.1. The van der Waals surface area contributed by atoms with E-state index in [4.69, 9.17) is 21.1 Å². The van der Waals surface area contributed by atoms with Crippen molar-refractivity contribution in [2.75, 3.05) is 26.8 Å². The predicted octanol–water partition coefficient (Wildman–Crippen LogP) is 2.01. The average Bonchev–Trinajstić information content (AvgIpc) is 3.27. The summed E-state index contributed by atoms with van der Waals surface area (Å²) in [6.45, 7) is 1.90. The van der Waals surface area contributed by atoms with Crippen molar-refractivity contribution in [1.82, 2.24) is 19.9 Å². The number of likely N-dealkylation sites (tertiary alicyclic amines) is 1. The lowest BCUT2D eigenvalue weighted by molar-refractivity contribution is 0.0719. The molecular formula is C16H18ClFN4O3. The van der Waals surface area contributed by atoms with Crippen LogP contribution in [0.25, 0.3) is 0 Å². The van der Waals surface area contributed by atoms with E-state index in [2.05, 4.69) is 10.3 Å². The van der Waals surface area contributed by atoms with Gasteiger partial charge in [0.15, 0.2) is 5.69 Å². The summed E-state index contributed by atoms with van der Waals surface area (Å²) < 4.78 is 25.4. The van der Waals surface area contributed by atoms with Gasteiger partial charge in [0, 0.05) is 26.3 Å². The summed E-state index contributed by atoms with van der Waals surface area (Å²) in [7, 11) is 1.64. The van der Waals surface area contributed by atoms with Crippen LogP contribution in [0.2, 0.25) is 5.02 Å². The average molecular weight is 369 g/mol. The molecule has 25 heavy (non-hydrogen) atoms. The van der Waals surface area contributed by atoms with Crippen LogP contribution in [-0.4, -0.2) is 58.7 Å². The van der Waals surface area contributed by atoms with Crippen LogP contribution in [0.15, 0.2) is 24.4 Å². The maximum Gasteiger partial charge on any atom is 0.276 e. The zero-order valence-electron chi connectivity index (χ0n) is 13.7. The summed E-state index contributed by atoms with van der Waals surface area (Å²) in [6.07, 6.45) is 2.49. The van der Waals surface area contributed by atoms with Gasteiger partial charge in [-0.15, -0.1) is 5.10 Å². The summed E-state index contributed by atoms with van der Waals surface area (Å²) >= 11 is 5.70. The highest BCUT2D eigenvalue weighted by Crippen LogP contribution is 2.21. The minimum absolute atomic E-state index is 0.00566. The number of hydrogen-bond donors (Lipinski definition) is 0. The van der Waals surface area contributed by atoms with Crippen LogP contribution in [-0.2, 0) is 11.3 Å². The molecule has 7 nitrogen and oxygen atoms in total. The lowest BCUT2D eigenvalue weighted by Crippen LogP contribution is -2.30. The van der Waals surface area contributed by atoms with Gasteiger partial charge in [-0.25, -0.2) is 9.07 Å². The van der Waals surface area contributed by atoms with E-state index in [0.717, 1.165) is 6.42 Å². The molecule has 1 aromatic carbocycles. The molecule has 2 heterocycles.